The van der Waals surface area contributed by atoms with Gasteiger partial charge in [0.15, 0.2) is 0 Å². The zero-order valence-electron chi connectivity index (χ0n) is 5.42. The summed E-state index contributed by atoms with van der Waals surface area (Å²) in [5, 5.41) is 0. The van der Waals surface area contributed by atoms with Gasteiger partial charge in [0.1, 0.15) is 0 Å². The normalized spacial score (nSPS) is 9.44. The quantitative estimate of drug-likeness (QED) is 0.564. The van der Waals surface area contributed by atoms with Crippen LogP contribution >= 0.6 is 11.8 Å². The number of thioether (sulfide) groups is 1. The Labute approximate surface area is 60.3 Å². The third-order valence-corrected chi connectivity index (χ3v) is 1.89. The molecule has 9 heavy (non-hydrogen) atoms. The van der Waals surface area contributed by atoms with Crippen molar-refractivity contribution in [3.8, 4) is 0 Å². The Hall–Kier alpha value is -0.430. The Morgan fingerprint density at radius 3 is 2.67 bits per heavy atom. The lowest BCUT2D eigenvalue weighted by molar-refractivity contribution is 1.43. The Kier molecular flexibility index (Phi) is 2.65. The van der Waals surface area contributed by atoms with Crippen LogP contribution in [-0.4, -0.2) is 5.75 Å². The fourth-order valence-electron chi connectivity index (χ4n) is 0.634. The summed E-state index contributed by atoms with van der Waals surface area (Å²) in [6.07, 6.45) is 0. The van der Waals surface area contributed by atoms with E-state index in [0.717, 1.165) is 5.75 Å². The van der Waals surface area contributed by atoms with Gasteiger partial charge >= 0.3 is 0 Å². The van der Waals surface area contributed by atoms with Crippen molar-refractivity contribution >= 4 is 11.8 Å². The maximum atomic E-state index is 2.98. The van der Waals surface area contributed by atoms with Gasteiger partial charge in [-0.25, -0.2) is 0 Å². The highest BCUT2D eigenvalue weighted by Gasteiger charge is 1.85. The zero-order chi connectivity index (χ0) is 6.53. The molecule has 0 aliphatic heterocycles. The Morgan fingerprint density at radius 2 is 2.11 bits per heavy atom. The summed E-state index contributed by atoms with van der Waals surface area (Å²) in [5.74, 6) is 1.14. The molecule has 0 nitrogen and oxygen atoms in total. The average Bonchev–Trinajstić information content (AvgIpc) is 1.91. The molecule has 0 aliphatic carbocycles. The molecule has 1 heteroatoms. The number of hydrogen-bond donors (Lipinski definition) is 0. The molecule has 0 saturated heterocycles. The van der Waals surface area contributed by atoms with Crippen molar-refractivity contribution in [2.75, 3.05) is 5.75 Å². The number of rotatable bonds is 2. The van der Waals surface area contributed by atoms with Gasteiger partial charge in [0.25, 0.3) is 0 Å². The van der Waals surface area contributed by atoms with Crippen molar-refractivity contribution in [3.63, 3.8) is 0 Å². The van der Waals surface area contributed by atoms with Crippen LogP contribution in [0.25, 0.3) is 0 Å². The first kappa shape index (κ1) is 6.69. The smallest absolute Gasteiger partial charge is 0.00722 e. The van der Waals surface area contributed by atoms with E-state index >= 15 is 0 Å². The highest BCUT2D eigenvalue weighted by atomic mass is 32.2. The fourth-order valence-corrected chi connectivity index (χ4v) is 1.30. The standard InChI is InChI=1S/C8H9S/c1-2-9-8-6-4-3-5-7-8/h4-7H,2H2,1H3. The molecule has 47 valence electrons. The predicted molar refractivity (Wildman–Crippen MR) is 41.7 cm³/mol. The maximum absolute atomic E-state index is 2.98. The summed E-state index contributed by atoms with van der Waals surface area (Å²) in [6.45, 7) is 2.15. The van der Waals surface area contributed by atoms with E-state index in [2.05, 4.69) is 25.1 Å². The van der Waals surface area contributed by atoms with Crippen LogP contribution in [0.2, 0.25) is 0 Å². The lowest BCUT2D eigenvalue weighted by Gasteiger charge is -1.93. The minimum atomic E-state index is 1.14. The van der Waals surface area contributed by atoms with Gasteiger partial charge in [0, 0.05) is 4.90 Å². The molecule has 1 rings (SSSR count). The van der Waals surface area contributed by atoms with Crippen LogP contribution in [0, 0.1) is 6.07 Å². The van der Waals surface area contributed by atoms with Gasteiger partial charge in [-0.2, -0.15) is 0 Å². The summed E-state index contributed by atoms with van der Waals surface area (Å²) in [4.78, 5) is 1.33. The molecule has 0 amide bonds. The van der Waals surface area contributed by atoms with E-state index in [9.17, 15) is 0 Å². The Balaban J connectivity index is 2.61. The van der Waals surface area contributed by atoms with Gasteiger partial charge in [-0.3, -0.25) is 0 Å². The molecular formula is C8H9S. The predicted octanol–water partition coefficient (Wildman–Crippen LogP) is 2.60. The minimum absolute atomic E-state index is 1.14. The molecule has 0 saturated carbocycles. The van der Waals surface area contributed by atoms with Crippen molar-refractivity contribution in [1.82, 2.24) is 0 Å². The summed E-state index contributed by atoms with van der Waals surface area (Å²) in [7, 11) is 0. The molecule has 0 unspecified atom stereocenters. The van der Waals surface area contributed by atoms with Gasteiger partial charge < -0.3 is 0 Å². The third-order valence-electron chi connectivity index (χ3n) is 0.999. The second-order valence-corrected chi connectivity index (χ2v) is 3.01. The largest absolute Gasteiger partial charge is 0.126 e. The fraction of sp³-hybridized carbons (Fsp3) is 0.250. The van der Waals surface area contributed by atoms with E-state index < -0.39 is 0 Å². The molecular weight excluding hydrogens is 128 g/mol. The van der Waals surface area contributed by atoms with Crippen LogP contribution in [0.3, 0.4) is 0 Å². The first-order valence-electron chi connectivity index (χ1n) is 3.02. The minimum Gasteiger partial charge on any atom is -0.126 e. The van der Waals surface area contributed by atoms with Gasteiger partial charge in [-0.1, -0.05) is 19.1 Å². The SMILES string of the molecule is CCSc1cc[c]cc1. The van der Waals surface area contributed by atoms with Crippen LogP contribution in [0.4, 0.5) is 0 Å². The molecule has 0 spiro atoms. The van der Waals surface area contributed by atoms with Crippen molar-refractivity contribution in [3.05, 3.63) is 30.3 Å². The summed E-state index contributed by atoms with van der Waals surface area (Å²) >= 11 is 1.86. The molecule has 0 aliphatic rings. The van der Waals surface area contributed by atoms with Gasteiger partial charge in [-0.05, 0) is 24.0 Å². The Morgan fingerprint density at radius 1 is 1.44 bits per heavy atom. The van der Waals surface area contributed by atoms with Gasteiger partial charge in [-0.15, -0.1) is 11.8 Å². The van der Waals surface area contributed by atoms with Crippen LogP contribution < -0.4 is 0 Å². The molecule has 0 aromatic heterocycles. The number of benzene rings is 1. The van der Waals surface area contributed by atoms with Crippen molar-refractivity contribution < 1.29 is 0 Å². The molecule has 1 aromatic rings. The topological polar surface area (TPSA) is 0 Å². The van der Waals surface area contributed by atoms with Crippen molar-refractivity contribution in [1.29, 1.82) is 0 Å². The maximum Gasteiger partial charge on any atom is 0.00722 e. The molecule has 0 bridgehead atoms. The molecule has 0 N–H and O–H groups in total. The molecule has 0 fully saturated rings. The van der Waals surface area contributed by atoms with E-state index in [-0.39, 0.29) is 0 Å². The first-order chi connectivity index (χ1) is 4.43. The first-order valence-corrected chi connectivity index (χ1v) is 4.01. The van der Waals surface area contributed by atoms with Crippen LogP contribution in [0.1, 0.15) is 6.92 Å². The Bertz CT molecular complexity index is 157. The van der Waals surface area contributed by atoms with Crippen LogP contribution in [0.5, 0.6) is 0 Å². The monoisotopic (exact) mass is 137 g/mol. The van der Waals surface area contributed by atoms with E-state index in [0.29, 0.717) is 0 Å². The number of hydrogen-bond acceptors (Lipinski definition) is 1. The van der Waals surface area contributed by atoms with Crippen molar-refractivity contribution in [2.24, 2.45) is 0 Å². The lowest BCUT2D eigenvalue weighted by Crippen LogP contribution is -1.68. The van der Waals surface area contributed by atoms with E-state index in [1.165, 1.54) is 4.90 Å². The second kappa shape index (κ2) is 3.57. The third kappa shape index (κ3) is 2.10. The second-order valence-electron chi connectivity index (χ2n) is 1.67. The van der Waals surface area contributed by atoms with E-state index in [4.69, 9.17) is 0 Å². The average molecular weight is 137 g/mol. The molecule has 1 radical (unpaired) electrons. The zero-order valence-corrected chi connectivity index (χ0v) is 6.24. The summed E-state index contributed by atoms with van der Waals surface area (Å²) in [5.41, 5.74) is 0. The van der Waals surface area contributed by atoms with E-state index in [1.807, 2.05) is 23.9 Å². The summed E-state index contributed by atoms with van der Waals surface area (Å²) < 4.78 is 0. The van der Waals surface area contributed by atoms with Crippen LogP contribution in [0.15, 0.2) is 29.2 Å². The molecule has 0 atom stereocenters. The highest BCUT2D eigenvalue weighted by molar-refractivity contribution is 7.99. The van der Waals surface area contributed by atoms with E-state index in [1.54, 1.807) is 0 Å². The molecule has 0 heterocycles. The van der Waals surface area contributed by atoms with Crippen molar-refractivity contribution in [2.45, 2.75) is 11.8 Å². The lowest BCUT2D eigenvalue weighted by atomic mass is 10.4. The van der Waals surface area contributed by atoms with Crippen LogP contribution in [-0.2, 0) is 0 Å². The molecule has 1 aromatic carbocycles. The summed E-state index contributed by atoms with van der Waals surface area (Å²) in [6, 6.07) is 11.0. The highest BCUT2D eigenvalue weighted by Crippen LogP contribution is 2.14. The van der Waals surface area contributed by atoms with Gasteiger partial charge in [0.05, 0.1) is 0 Å². The van der Waals surface area contributed by atoms with Gasteiger partial charge in [0.2, 0.25) is 0 Å².